The standard InChI is InChI=1S/C17H19ClN6O/c1-12(11-23-8-4-7-20-23)10-19-17(25)16-13(2)24(22-21-16)15-6-3-5-14(18)9-15/h3-9,12H,10-11H2,1-2H3,(H,19,25). The summed E-state index contributed by atoms with van der Waals surface area (Å²) in [5.41, 5.74) is 1.74. The third kappa shape index (κ3) is 4.06. The van der Waals surface area contributed by atoms with Crippen LogP contribution >= 0.6 is 11.6 Å². The van der Waals surface area contributed by atoms with E-state index >= 15 is 0 Å². The molecule has 25 heavy (non-hydrogen) atoms. The van der Waals surface area contributed by atoms with E-state index in [0.29, 0.717) is 23.0 Å². The van der Waals surface area contributed by atoms with Gasteiger partial charge in [-0.2, -0.15) is 5.10 Å². The number of benzene rings is 1. The molecular formula is C17H19ClN6O. The Hall–Kier alpha value is -2.67. The van der Waals surface area contributed by atoms with Crippen molar-refractivity contribution in [1.82, 2.24) is 30.1 Å². The zero-order chi connectivity index (χ0) is 17.8. The molecule has 0 aliphatic carbocycles. The summed E-state index contributed by atoms with van der Waals surface area (Å²) in [5.74, 6) is 0.00484. The van der Waals surface area contributed by atoms with Crippen LogP contribution in [0.4, 0.5) is 0 Å². The van der Waals surface area contributed by atoms with Crippen LogP contribution in [0, 0.1) is 12.8 Å². The van der Waals surface area contributed by atoms with Crippen LogP contribution in [0.1, 0.15) is 23.1 Å². The second-order valence-corrected chi connectivity index (χ2v) is 6.39. The molecule has 0 aliphatic rings. The van der Waals surface area contributed by atoms with Gasteiger partial charge in [-0.15, -0.1) is 5.10 Å². The Morgan fingerprint density at radius 2 is 2.20 bits per heavy atom. The summed E-state index contributed by atoms with van der Waals surface area (Å²) >= 11 is 6.01. The second kappa shape index (κ2) is 7.48. The molecule has 1 amide bonds. The first-order valence-electron chi connectivity index (χ1n) is 7.98. The number of carbonyl (C=O) groups excluding carboxylic acids is 1. The maximum atomic E-state index is 12.4. The number of hydrogen-bond donors (Lipinski definition) is 1. The zero-order valence-corrected chi connectivity index (χ0v) is 14.8. The molecule has 0 fully saturated rings. The van der Waals surface area contributed by atoms with Crippen LogP contribution in [0.2, 0.25) is 5.02 Å². The van der Waals surface area contributed by atoms with Gasteiger partial charge < -0.3 is 5.32 Å². The van der Waals surface area contributed by atoms with Crippen molar-refractivity contribution < 1.29 is 4.79 Å². The lowest BCUT2D eigenvalue weighted by molar-refractivity contribution is 0.0941. The third-order valence-corrected chi connectivity index (χ3v) is 4.07. The van der Waals surface area contributed by atoms with Gasteiger partial charge in [-0.25, -0.2) is 4.68 Å². The van der Waals surface area contributed by atoms with Crippen LogP contribution in [-0.4, -0.2) is 37.2 Å². The van der Waals surface area contributed by atoms with Crippen molar-refractivity contribution >= 4 is 17.5 Å². The second-order valence-electron chi connectivity index (χ2n) is 5.96. The summed E-state index contributed by atoms with van der Waals surface area (Å²) in [6.07, 6.45) is 3.64. The number of aromatic nitrogens is 5. The molecule has 1 N–H and O–H groups in total. The van der Waals surface area contributed by atoms with Crippen LogP contribution in [0.3, 0.4) is 0 Å². The molecule has 130 valence electrons. The maximum absolute atomic E-state index is 12.4. The van der Waals surface area contributed by atoms with E-state index in [1.807, 2.05) is 36.0 Å². The topological polar surface area (TPSA) is 77.6 Å². The van der Waals surface area contributed by atoms with Gasteiger partial charge in [0, 0.05) is 30.5 Å². The van der Waals surface area contributed by atoms with E-state index in [2.05, 4.69) is 27.7 Å². The number of carbonyl (C=O) groups is 1. The lowest BCUT2D eigenvalue weighted by Gasteiger charge is -2.12. The quantitative estimate of drug-likeness (QED) is 0.734. The minimum absolute atomic E-state index is 0.238. The van der Waals surface area contributed by atoms with Gasteiger partial charge in [0.2, 0.25) is 0 Å². The minimum atomic E-state index is -0.238. The number of nitrogens with one attached hydrogen (secondary N) is 1. The predicted octanol–water partition coefficient (Wildman–Crippen LogP) is 2.49. The zero-order valence-electron chi connectivity index (χ0n) is 14.1. The third-order valence-electron chi connectivity index (χ3n) is 3.83. The molecule has 0 saturated carbocycles. The van der Waals surface area contributed by atoms with E-state index in [-0.39, 0.29) is 11.8 Å². The van der Waals surface area contributed by atoms with Gasteiger partial charge in [-0.3, -0.25) is 9.48 Å². The van der Waals surface area contributed by atoms with Crippen molar-refractivity contribution in [2.75, 3.05) is 6.54 Å². The lowest BCUT2D eigenvalue weighted by Crippen LogP contribution is -2.30. The SMILES string of the molecule is Cc1c(C(=O)NCC(C)Cn2cccn2)nnn1-c1cccc(Cl)c1. The van der Waals surface area contributed by atoms with E-state index < -0.39 is 0 Å². The van der Waals surface area contributed by atoms with E-state index in [9.17, 15) is 4.79 Å². The van der Waals surface area contributed by atoms with E-state index in [0.717, 1.165) is 12.2 Å². The van der Waals surface area contributed by atoms with Gasteiger partial charge in [0.15, 0.2) is 5.69 Å². The first-order chi connectivity index (χ1) is 12.0. The van der Waals surface area contributed by atoms with E-state index in [1.54, 1.807) is 23.0 Å². The Labute approximate surface area is 150 Å². The maximum Gasteiger partial charge on any atom is 0.273 e. The van der Waals surface area contributed by atoms with Crippen molar-refractivity contribution in [1.29, 1.82) is 0 Å². The molecule has 3 rings (SSSR count). The van der Waals surface area contributed by atoms with Gasteiger partial charge in [-0.1, -0.05) is 29.8 Å². The van der Waals surface area contributed by atoms with Crippen LogP contribution in [-0.2, 0) is 6.54 Å². The van der Waals surface area contributed by atoms with Gasteiger partial charge >= 0.3 is 0 Å². The number of halogens is 1. The summed E-state index contributed by atoms with van der Waals surface area (Å²) < 4.78 is 3.45. The van der Waals surface area contributed by atoms with Crippen molar-refractivity contribution in [3.8, 4) is 5.69 Å². The first-order valence-corrected chi connectivity index (χ1v) is 8.36. The Morgan fingerprint density at radius 3 is 2.92 bits per heavy atom. The molecule has 1 aromatic carbocycles. The Balaban J connectivity index is 1.65. The van der Waals surface area contributed by atoms with Crippen molar-refractivity contribution in [2.24, 2.45) is 5.92 Å². The summed E-state index contributed by atoms with van der Waals surface area (Å²) in [6.45, 7) is 5.13. The summed E-state index contributed by atoms with van der Waals surface area (Å²) in [7, 11) is 0. The summed E-state index contributed by atoms with van der Waals surface area (Å²) in [5, 5.41) is 15.8. The van der Waals surface area contributed by atoms with Crippen LogP contribution in [0.25, 0.3) is 5.69 Å². The minimum Gasteiger partial charge on any atom is -0.350 e. The number of rotatable bonds is 6. The van der Waals surface area contributed by atoms with E-state index in [4.69, 9.17) is 11.6 Å². The monoisotopic (exact) mass is 358 g/mol. The Kier molecular flexibility index (Phi) is 5.14. The van der Waals surface area contributed by atoms with Gasteiger partial charge in [0.25, 0.3) is 5.91 Å². The predicted molar refractivity (Wildman–Crippen MR) is 94.8 cm³/mol. The fraction of sp³-hybridized carbons (Fsp3) is 0.294. The van der Waals surface area contributed by atoms with E-state index in [1.165, 1.54) is 0 Å². The first kappa shape index (κ1) is 17.2. The number of hydrogen-bond acceptors (Lipinski definition) is 4. The van der Waals surface area contributed by atoms with Crippen LogP contribution in [0.15, 0.2) is 42.7 Å². The highest BCUT2D eigenvalue weighted by Crippen LogP contribution is 2.16. The Bertz CT molecular complexity index is 858. The highest BCUT2D eigenvalue weighted by atomic mass is 35.5. The molecule has 7 nitrogen and oxygen atoms in total. The molecular weight excluding hydrogens is 340 g/mol. The van der Waals surface area contributed by atoms with Crippen LogP contribution in [0.5, 0.6) is 0 Å². The molecule has 3 aromatic rings. The highest BCUT2D eigenvalue weighted by molar-refractivity contribution is 6.30. The largest absolute Gasteiger partial charge is 0.350 e. The fourth-order valence-corrected chi connectivity index (χ4v) is 2.72. The molecule has 0 bridgehead atoms. The average molecular weight is 359 g/mol. The van der Waals surface area contributed by atoms with Gasteiger partial charge in [-0.05, 0) is 37.1 Å². The molecule has 2 aromatic heterocycles. The molecule has 1 atom stereocenters. The highest BCUT2D eigenvalue weighted by Gasteiger charge is 2.18. The number of amides is 1. The van der Waals surface area contributed by atoms with Crippen molar-refractivity contribution in [3.05, 3.63) is 59.1 Å². The lowest BCUT2D eigenvalue weighted by atomic mass is 10.2. The normalized spacial score (nSPS) is 12.1. The van der Waals surface area contributed by atoms with Crippen molar-refractivity contribution in [3.63, 3.8) is 0 Å². The molecule has 8 heteroatoms. The summed E-state index contributed by atoms with van der Waals surface area (Å²) in [6, 6.07) is 9.13. The molecule has 0 aliphatic heterocycles. The number of nitrogens with zero attached hydrogens (tertiary/aromatic N) is 5. The van der Waals surface area contributed by atoms with Gasteiger partial charge in [0.1, 0.15) is 0 Å². The van der Waals surface area contributed by atoms with Gasteiger partial charge in [0.05, 0.1) is 11.4 Å². The smallest absolute Gasteiger partial charge is 0.273 e. The van der Waals surface area contributed by atoms with Crippen LogP contribution < -0.4 is 5.32 Å². The molecule has 1 unspecified atom stereocenters. The summed E-state index contributed by atoms with van der Waals surface area (Å²) in [4.78, 5) is 12.4. The molecule has 0 saturated heterocycles. The van der Waals surface area contributed by atoms with Crippen molar-refractivity contribution in [2.45, 2.75) is 20.4 Å². The molecule has 0 radical (unpaired) electrons. The molecule has 2 heterocycles. The fourth-order valence-electron chi connectivity index (χ4n) is 2.54. The average Bonchev–Trinajstić information content (AvgIpc) is 3.22. The Morgan fingerprint density at radius 1 is 1.36 bits per heavy atom. The molecule has 0 spiro atoms.